The molecule has 0 aliphatic heterocycles. The molecule has 1 aromatic carbocycles. The zero-order chi connectivity index (χ0) is 10.7. The molecule has 0 amide bonds. The van der Waals surface area contributed by atoms with E-state index in [0.717, 1.165) is 0 Å². The fourth-order valence-electron chi connectivity index (χ4n) is 1.12. The maximum Gasteiger partial charge on any atom is 0.230 e. The van der Waals surface area contributed by atoms with Gasteiger partial charge in [0, 0.05) is 10.1 Å². The quantitative estimate of drug-likeness (QED) is 0.716. The van der Waals surface area contributed by atoms with Crippen molar-refractivity contribution < 1.29 is 13.7 Å². The Balaban J connectivity index is 2.11. The van der Waals surface area contributed by atoms with Crippen LogP contribution in [0.15, 0.2) is 46.1 Å². The van der Waals surface area contributed by atoms with E-state index in [1.165, 1.54) is 6.20 Å². The van der Waals surface area contributed by atoms with E-state index in [1.807, 2.05) is 18.2 Å². The summed E-state index contributed by atoms with van der Waals surface area (Å²) in [5.74, 6) is 0.183. The summed E-state index contributed by atoms with van der Waals surface area (Å²) in [5.41, 5.74) is 0.382. The molecule has 0 fully saturated rings. The lowest BCUT2D eigenvalue weighted by molar-refractivity contribution is -0.802. The molecular formula is C9H8N2O3S. The van der Waals surface area contributed by atoms with Gasteiger partial charge < -0.3 is 5.21 Å². The second-order valence-electron chi connectivity index (χ2n) is 2.88. The van der Waals surface area contributed by atoms with Crippen LogP contribution in [0.25, 0.3) is 0 Å². The van der Waals surface area contributed by atoms with Crippen LogP contribution < -0.4 is 4.90 Å². The predicted octanol–water partition coefficient (Wildman–Crippen LogP) is 0.616. The van der Waals surface area contributed by atoms with Crippen LogP contribution in [0.1, 0.15) is 5.69 Å². The molecule has 1 heterocycles. The smallest absolute Gasteiger partial charge is 0.230 e. The lowest BCUT2D eigenvalue weighted by Crippen LogP contribution is -2.20. The number of benzene rings is 1. The molecular weight excluding hydrogens is 216 g/mol. The molecule has 0 radical (unpaired) electrons. The van der Waals surface area contributed by atoms with Crippen molar-refractivity contribution in [3.63, 3.8) is 0 Å². The van der Waals surface area contributed by atoms with E-state index >= 15 is 0 Å². The first-order valence-electron chi connectivity index (χ1n) is 4.24. The molecule has 78 valence electrons. The Morgan fingerprint density at radius 3 is 2.73 bits per heavy atom. The second kappa shape index (κ2) is 4.22. The number of aromatic nitrogens is 2. The molecule has 0 N–H and O–H groups in total. The van der Waals surface area contributed by atoms with E-state index in [4.69, 9.17) is 0 Å². The van der Waals surface area contributed by atoms with Crippen molar-refractivity contribution >= 4 is 10.8 Å². The van der Waals surface area contributed by atoms with Crippen LogP contribution in [0.2, 0.25) is 0 Å². The Morgan fingerprint density at radius 1 is 1.40 bits per heavy atom. The van der Waals surface area contributed by atoms with Gasteiger partial charge in [-0.15, -0.1) is 0 Å². The summed E-state index contributed by atoms with van der Waals surface area (Å²) in [5, 5.41) is 14.1. The highest BCUT2D eigenvalue weighted by Crippen LogP contribution is 2.09. The lowest BCUT2D eigenvalue weighted by Gasteiger charge is -1.96. The van der Waals surface area contributed by atoms with Crippen LogP contribution in [0.4, 0.5) is 0 Å². The number of rotatable bonds is 3. The molecule has 6 heteroatoms. The van der Waals surface area contributed by atoms with Gasteiger partial charge in [-0.25, -0.2) is 0 Å². The van der Waals surface area contributed by atoms with Gasteiger partial charge in [0.2, 0.25) is 5.69 Å². The van der Waals surface area contributed by atoms with Gasteiger partial charge in [-0.05, 0) is 17.0 Å². The SMILES string of the molecule is O=S(Cc1c[n+]([O-])on1)c1ccccc1. The van der Waals surface area contributed by atoms with Crippen molar-refractivity contribution in [3.05, 3.63) is 47.4 Å². The standard InChI is InChI=1S/C9H8N2O3S/c12-11-6-8(10-14-11)7-15(13)9-4-2-1-3-5-9/h1-6H,7H2. The third-order valence-corrected chi connectivity index (χ3v) is 3.13. The Kier molecular flexibility index (Phi) is 2.77. The Labute approximate surface area is 88.3 Å². The summed E-state index contributed by atoms with van der Waals surface area (Å²) in [4.78, 5) is 0.940. The van der Waals surface area contributed by atoms with Gasteiger partial charge in [-0.2, -0.15) is 0 Å². The van der Waals surface area contributed by atoms with Crippen molar-refractivity contribution in [1.29, 1.82) is 0 Å². The van der Waals surface area contributed by atoms with Gasteiger partial charge in [-0.3, -0.25) is 8.84 Å². The zero-order valence-corrected chi connectivity index (χ0v) is 8.52. The monoisotopic (exact) mass is 224 g/mol. The predicted molar refractivity (Wildman–Crippen MR) is 52.0 cm³/mol. The first kappa shape index (κ1) is 9.85. The molecule has 0 saturated heterocycles. The number of nitrogens with zero attached hydrogens (tertiary/aromatic N) is 2. The topological polar surface area (TPSA) is 70.0 Å². The van der Waals surface area contributed by atoms with E-state index < -0.39 is 10.8 Å². The van der Waals surface area contributed by atoms with Crippen molar-refractivity contribution in [1.82, 2.24) is 5.16 Å². The van der Waals surface area contributed by atoms with E-state index in [1.54, 1.807) is 12.1 Å². The fraction of sp³-hybridized carbons (Fsp3) is 0.111. The van der Waals surface area contributed by atoms with Gasteiger partial charge in [-0.1, -0.05) is 18.2 Å². The summed E-state index contributed by atoms with van der Waals surface area (Å²) in [7, 11) is -1.20. The van der Waals surface area contributed by atoms with E-state index in [-0.39, 0.29) is 10.7 Å². The molecule has 0 aliphatic carbocycles. The Bertz CT molecular complexity index is 469. The molecule has 1 aromatic heterocycles. The molecule has 5 nitrogen and oxygen atoms in total. The summed E-state index contributed by atoms with van der Waals surface area (Å²) >= 11 is 0. The minimum absolute atomic E-state index is 0.183. The van der Waals surface area contributed by atoms with Crippen LogP contribution in [0, 0.1) is 5.21 Å². The molecule has 0 saturated carbocycles. The molecule has 15 heavy (non-hydrogen) atoms. The van der Waals surface area contributed by atoms with Gasteiger partial charge >= 0.3 is 0 Å². The normalized spacial score (nSPS) is 12.5. The first-order valence-corrected chi connectivity index (χ1v) is 5.56. The average Bonchev–Trinajstić information content (AvgIpc) is 2.65. The third kappa shape index (κ3) is 2.41. The molecule has 0 spiro atoms. The number of hydrogen-bond donors (Lipinski definition) is 0. The van der Waals surface area contributed by atoms with Crippen molar-refractivity contribution in [2.24, 2.45) is 0 Å². The molecule has 0 bridgehead atoms. The van der Waals surface area contributed by atoms with Crippen LogP contribution in [0.5, 0.6) is 0 Å². The highest BCUT2D eigenvalue weighted by molar-refractivity contribution is 7.84. The summed E-state index contributed by atoms with van der Waals surface area (Å²) in [6.45, 7) is 0. The van der Waals surface area contributed by atoms with Crippen LogP contribution in [-0.2, 0) is 16.6 Å². The minimum atomic E-state index is -1.20. The maximum atomic E-state index is 11.7. The first-order chi connectivity index (χ1) is 7.25. The summed E-state index contributed by atoms with van der Waals surface area (Å²) < 4.78 is 16.0. The van der Waals surface area contributed by atoms with Crippen LogP contribution in [0.3, 0.4) is 0 Å². The summed E-state index contributed by atoms with van der Waals surface area (Å²) in [6.07, 6.45) is 1.17. The molecule has 0 aliphatic rings. The largest absolute Gasteiger partial charge is 0.360 e. The Morgan fingerprint density at radius 2 is 2.13 bits per heavy atom. The lowest BCUT2D eigenvalue weighted by atomic mass is 10.4. The molecule has 2 rings (SSSR count). The molecule has 1 unspecified atom stereocenters. The van der Waals surface area contributed by atoms with E-state index in [9.17, 15) is 9.42 Å². The highest BCUT2D eigenvalue weighted by Gasteiger charge is 2.11. The van der Waals surface area contributed by atoms with Crippen LogP contribution in [-0.4, -0.2) is 9.37 Å². The van der Waals surface area contributed by atoms with Gasteiger partial charge in [0.05, 0.1) is 10.8 Å². The Hall–Kier alpha value is -1.69. The van der Waals surface area contributed by atoms with Crippen LogP contribution >= 0.6 is 0 Å². The summed E-state index contributed by atoms with van der Waals surface area (Å²) in [6, 6.07) is 9.00. The minimum Gasteiger partial charge on any atom is -0.360 e. The van der Waals surface area contributed by atoms with Gasteiger partial charge in [0.25, 0.3) is 0 Å². The van der Waals surface area contributed by atoms with E-state index in [0.29, 0.717) is 10.6 Å². The van der Waals surface area contributed by atoms with Gasteiger partial charge in [0.1, 0.15) is 5.75 Å². The van der Waals surface area contributed by atoms with Crippen molar-refractivity contribution in [2.45, 2.75) is 10.6 Å². The fourth-order valence-corrected chi connectivity index (χ4v) is 2.14. The van der Waals surface area contributed by atoms with Crippen molar-refractivity contribution in [3.8, 4) is 0 Å². The van der Waals surface area contributed by atoms with Gasteiger partial charge in [0.15, 0.2) is 6.20 Å². The molecule has 2 aromatic rings. The maximum absolute atomic E-state index is 11.7. The average molecular weight is 224 g/mol. The highest BCUT2D eigenvalue weighted by atomic mass is 32.2. The molecule has 1 atom stereocenters. The third-order valence-electron chi connectivity index (χ3n) is 1.78. The zero-order valence-electron chi connectivity index (χ0n) is 7.70. The second-order valence-corrected chi connectivity index (χ2v) is 4.33. The van der Waals surface area contributed by atoms with Crippen molar-refractivity contribution in [2.75, 3.05) is 0 Å². The number of hydrogen-bond acceptors (Lipinski definition) is 4. The van der Waals surface area contributed by atoms with E-state index in [2.05, 4.69) is 9.79 Å².